The molecule has 1 fully saturated rings. The molecule has 2 heterocycles. The van der Waals surface area contributed by atoms with Crippen LogP contribution in [0, 0.1) is 12.7 Å². The van der Waals surface area contributed by atoms with Gasteiger partial charge in [-0.1, -0.05) is 18.2 Å². The topological polar surface area (TPSA) is 76.8 Å². The zero-order valence-electron chi connectivity index (χ0n) is 19.6. The average Bonchev–Trinajstić information content (AvgIpc) is 3.24. The largest absolute Gasteiger partial charge is 0.495 e. The number of aliphatic hydroxyl groups is 1. The van der Waals surface area contributed by atoms with E-state index in [9.17, 15) is 14.3 Å². The van der Waals surface area contributed by atoms with E-state index >= 15 is 0 Å². The van der Waals surface area contributed by atoms with Crippen molar-refractivity contribution in [1.82, 2.24) is 14.5 Å². The van der Waals surface area contributed by atoms with Crippen LogP contribution in [0.1, 0.15) is 36.7 Å². The fraction of sp³-hybridized carbons (Fsp3) is 0.308. The van der Waals surface area contributed by atoms with E-state index in [4.69, 9.17) is 9.47 Å². The number of morpholine rings is 1. The van der Waals surface area contributed by atoms with Crippen LogP contribution in [0.2, 0.25) is 0 Å². The molecule has 2 aromatic carbocycles. The van der Waals surface area contributed by atoms with E-state index in [-0.39, 0.29) is 23.6 Å². The summed E-state index contributed by atoms with van der Waals surface area (Å²) in [5.74, 6) is 0.0630. The standard InChI is InChI=1S/C26H28FN3O4/c1-16-13-29(15-28-16)22-10-5-19(11-23(22)33-4)12-24-26(32)30(14-17(2)34-24)25(18(3)31)20-6-8-21(27)9-7-20/h5-13,15,17-18,25,31H,14H2,1-4H3/t17-,18+,25-/m0/s1. The summed E-state index contributed by atoms with van der Waals surface area (Å²) in [6.07, 6.45) is 4.12. The predicted molar refractivity (Wildman–Crippen MR) is 126 cm³/mol. The number of halogens is 1. The lowest BCUT2D eigenvalue weighted by atomic mass is 9.98. The van der Waals surface area contributed by atoms with Gasteiger partial charge >= 0.3 is 0 Å². The Balaban J connectivity index is 1.67. The minimum atomic E-state index is -0.862. The van der Waals surface area contributed by atoms with Crippen LogP contribution in [0.4, 0.5) is 4.39 Å². The molecule has 8 heteroatoms. The first-order valence-corrected chi connectivity index (χ1v) is 11.1. The Morgan fingerprint density at radius 2 is 2.00 bits per heavy atom. The van der Waals surface area contributed by atoms with Gasteiger partial charge in [-0.2, -0.15) is 0 Å². The van der Waals surface area contributed by atoms with Crippen LogP contribution >= 0.6 is 0 Å². The minimum Gasteiger partial charge on any atom is -0.495 e. The second-order valence-corrected chi connectivity index (χ2v) is 8.49. The quantitative estimate of drug-likeness (QED) is 0.556. The van der Waals surface area contributed by atoms with Crippen molar-refractivity contribution in [2.24, 2.45) is 0 Å². The third-order valence-corrected chi connectivity index (χ3v) is 5.75. The number of nitrogens with zero attached hydrogens (tertiary/aromatic N) is 3. The van der Waals surface area contributed by atoms with Crippen molar-refractivity contribution >= 4 is 12.0 Å². The number of methoxy groups -OCH3 is 1. The van der Waals surface area contributed by atoms with Crippen molar-refractivity contribution < 1.29 is 23.8 Å². The average molecular weight is 466 g/mol. The van der Waals surface area contributed by atoms with Gasteiger partial charge in [0, 0.05) is 6.20 Å². The molecule has 178 valence electrons. The third kappa shape index (κ3) is 4.82. The molecule has 0 unspecified atom stereocenters. The lowest BCUT2D eigenvalue weighted by Crippen LogP contribution is -2.48. The van der Waals surface area contributed by atoms with E-state index in [2.05, 4.69) is 4.98 Å². The van der Waals surface area contributed by atoms with Crippen LogP contribution in [0.5, 0.6) is 5.75 Å². The SMILES string of the molecule is COc1cc(C=C2O[C@@H](C)CN([C@H](c3ccc(F)cc3)[C@@H](C)O)C2=O)ccc1-n1cnc(C)c1. The second kappa shape index (κ2) is 9.69. The first-order valence-electron chi connectivity index (χ1n) is 11.1. The summed E-state index contributed by atoms with van der Waals surface area (Å²) in [5, 5.41) is 10.5. The Hall–Kier alpha value is -3.65. The molecule has 1 N–H and O–H groups in total. The Morgan fingerprint density at radius 1 is 1.26 bits per heavy atom. The van der Waals surface area contributed by atoms with Gasteiger partial charge < -0.3 is 24.0 Å². The molecule has 1 saturated heterocycles. The van der Waals surface area contributed by atoms with Crippen molar-refractivity contribution in [3.05, 3.63) is 83.4 Å². The highest BCUT2D eigenvalue weighted by Crippen LogP contribution is 2.32. The van der Waals surface area contributed by atoms with Crippen molar-refractivity contribution in [1.29, 1.82) is 0 Å². The third-order valence-electron chi connectivity index (χ3n) is 5.75. The normalized spacial score (nSPS) is 19.1. The van der Waals surface area contributed by atoms with Gasteiger partial charge in [0.15, 0.2) is 5.76 Å². The fourth-order valence-electron chi connectivity index (χ4n) is 4.22. The van der Waals surface area contributed by atoms with E-state index in [1.54, 1.807) is 43.5 Å². The van der Waals surface area contributed by atoms with Gasteiger partial charge in [-0.15, -0.1) is 0 Å². The van der Waals surface area contributed by atoms with Crippen LogP contribution in [0.25, 0.3) is 11.8 Å². The first-order chi connectivity index (χ1) is 16.3. The number of benzene rings is 2. The fourth-order valence-corrected chi connectivity index (χ4v) is 4.22. The molecule has 7 nitrogen and oxygen atoms in total. The molecule has 34 heavy (non-hydrogen) atoms. The Morgan fingerprint density at radius 3 is 2.62 bits per heavy atom. The van der Waals surface area contributed by atoms with E-state index < -0.39 is 12.1 Å². The van der Waals surface area contributed by atoms with Crippen LogP contribution in [0.15, 0.2) is 60.7 Å². The molecule has 1 aliphatic rings. The lowest BCUT2D eigenvalue weighted by Gasteiger charge is -2.39. The monoisotopic (exact) mass is 465 g/mol. The van der Waals surface area contributed by atoms with Gasteiger partial charge in [0.25, 0.3) is 5.91 Å². The number of amides is 1. The highest BCUT2D eigenvalue weighted by Gasteiger charge is 2.36. The number of imidazole rings is 1. The number of carbonyl (C=O) groups excluding carboxylic acids is 1. The van der Waals surface area contributed by atoms with Gasteiger partial charge in [0.1, 0.15) is 17.7 Å². The summed E-state index contributed by atoms with van der Waals surface area (Å²) in [7, 11) is 1.58. The van der Waals surface area contributed by atoms with Crippen molar-refractivity contribution in [3.63, 3.8) is 0 Å². The molecule has 4 rings (SSSR count). The van der Waals surface area contributed by atoms with E-state index in [1.165, 1.54) is 12.1 Å². The number of aliphatic hydroxyl groups excluding tert-OH is 1. The number of hydrogen-bond acceptors (Lipinski definition) is 5. The molecule has 1 aliphatic heterocycles. The van der Waals surface area contributed by atoms with Crippen molar-refractivity contribution in [3.8, 4) is 11.4 Å². The maximum atomic E-state index is 13.4. The Labute approximate surface area is 198 Å². The van der Waals surface area contributed by atoms with Gasteiger partial charge in [0.2, 0.25) is 0 Å². The van der Waals surface area contributed by atoms with Crippen LogP contribution in [0.3, 0.4) is 0 Å². The first kappa shape index (κ1) is 23.5. The summed E-state index contributed by atoms with van der Waals surface area (Å²) in [6.45, 7) is 5.69. The van der Waals surface area contributed by atoms with E-state index in [0.717, 1.165) is 16.9 Å². The zero-order chi connectivity index (χ0) is 24.4. The summed E-state index contributed by atoms with van der Waals surface area (Å²) in [4.78, 5) is 19.2. The Bertz CT molecular complexity index is 1200. The summed E-state index contributed by atoms with van der Waals surface area (Å²) < 4.78 is 26.8. The smallest absolute Gasteiger partial charge is 0.289 e. The van der Waals surface area contributed by atoms with E-state index in [0.29, 0.717) is 17.9 Å². The summed E-state index contributed by atoms with van der Waals surface area (Å²) >= 11 is 0. The van der Waals surface area contributed by atoms with E-state index in [1.807, 2.05) is 42.8 Å². The van der Waals surface area contributed by atoms with Crippen LogP contribution in [-0.4, -0.2) is 51.3 Å². The molecule has 0 aliphatic carbocycles. The van der Waals surface area contributed by atoms with Gasteiger partial charge in [-0.3, -0.25) is 4.79 Å². The molecule has 1 amide bonds. The molecule has 3 aromatic rings. The maximum Gasteiger partial charge on any atom is 0.289 e. The number of ether oxygens (including phenoxy) is 2. The van der Waals surface area contributed by atoms with Crippen molar-refractivity contribution in [2.45, 2.75) is 39.0 Å². The summed E-state index contributed by atoms with van der Waals surface area (Å²) in [6, 6.07) is 10.8. The molecular weight excluding hydrogens is 437 g/mol. The summed E-state index contributed by atoms with van der Waals surface area (Å²) in [5.41, 5.74) is 3.09. The molecule has 0 spiro atoms. The van der Waals surface area contributed by atoms with Crippen LogP contribution in [-0.2, 0) is 9.53 Å². The number of aromatic nitrogens is 2. The Kier molecular flexibility index (Phi) is 6.70. The number of carbonyl (C=O) groups is 1. The highest BCUT2D eigenvalue weighted by atomic mass is 19.1. The second-order valence-electron chi connectivity index (χ2n) is 8.49. The maximum absolute atomic E-state index is 13.4. The zero-order valence-corrected chi connectivity index (χ0v) is 19.6. The van der Waals surface area contributed by atoms with Gasteiger partial charge in [-0.25, -0.2) is 9.37 Å². The molecule has 0 radical (unpaired) electrons. The van der Waals surface area contributed by atoms with Gasteiger partial charge in [-0.05, 0) is 62.2 Å². The molecule has 0 bridgehead atoms. The molecule has 0 saturated carbocycles. The van der Waals surface area contributed by atoms with Crippen LogP contribution < -0.4 is 4.74 Å². The highest BCUT2D eigenvalue weighted by molar-refractivity contribution is 5.97. The lowest BCUT2D eigenvalue weighted by molar-refractivity contribution is -0.145. The number of aryl methyl sites for hydroxylation is 1. The predicted octanol–water partition coefficient (Wildman–Crippen LogP) is 4.04. The minimum absolute atomic E-state index is 0.166. The molecule has 1 aromatic heterocycles. The van der Waals surface area contributed by atoms with Gasteiger partial charge in [0.05, 0.1) is 43.5 Å². The molecule has 3 atom stereocenters. The van der Waals surface area contributed by atoms with Crippen molar-refractivity contribution in [2.75, 3.05) is 13.7 Å². The number of hydrogen-bond donors (Lipinski definition) is 1. The number of rotatable bonds is 6. The molecular formula is C26H28FN3O4.